The fraction of sp³-hybridized carbons (Fsp3) is 0.240. The molecule has 0 aliphatic carbocycles. The Labute approximate surface area is 181 Å². The molecule has 0 spiro atoms. The Morgan fingerprint density at radius 2 is 1.80 bits per heavy atom. The van der Waals surface area contributed by atoms with Gasteiger partial charge in [0.15, 0.2) is 11.5 Å². The summed E-state index contributed by atoms with van der Waals surface area (Å²) in [5.41, 5.74) is 3.90. The highest BCUT2D eigenvalue weighted by Crippen LogP contribution is 2.42. The molecule has 5 heteroatoms. The fourth-order valence-electron chi connectivity index (χ4n) is 3.62. The maximum absolute atomic E-state index is 13.2. The summed E-state index contributed by atoms with van der Waals surface area (Å²) in [5, 5.41) is -0.0397. The third kappa shape index (κ3) is 4.31. The van der Waals surface area contributed by atoms with Crippen LogP contribution >= 0.6 is 11.8 Å². The molecule has 30 heavy (non-hydrogen) atoms. The summed E-state index contributed by atoms with van der Waals surface area (Å²) < 4.78 is 11.6. The molecule has 0 N–H and O–H groups in total. The zero-order chi connectivity index (χ0) is 20.9. The second-order valence-corrected chi connectivity index (χ2v) is 8.41. The summed E-state index contributed by atoms with van der Waals surface area (Å²) in [6.45, 7) is 3.17. The van der Waals surface area contributed by atoms with Crippen LogP contribution in [0.4, 0.5) is 0 Å². The highest BCUT2D eigenvalue weighted by Gasteiger charge is 2.32. The smallest absolute Gasteiger partial charge is 0.255 e. The molecule has 1 heterocycles. The van der Waals surface area contributed by atoms with E-state index >= 15 is 0 Å². The van der Waals surface area contributed by atoms with Crippen molar-refractivity contribution in [2.75, 3.05) is 19.4 Å². The number of aryl methyl sites for hydroxylation is 1. The molecule has 0 unspecified atom stereocenters. The van der Waals surface area contributed by atoms with Gasteiger partial charge in [-0.1, -0.05) is 54.6 Å². The molecule has 1 amide bonds. The molecule has 0 radical (unpaired) electrons. The van der Waals surface area contributed by atoms with Gasteiger partial charge < -0.3 is 14.4 Å². The number of hydrogen-bond donors (Lipinski definition) is 0. The summed E-state index contributed by atoms with van der Waals surface area (Å²) in [7, 11) is 1.64. The topological polar surface area (TPSA) is 38.8 Å². The molecular weight excluding hydrogens is 394 g/mol. The van der Waals surface area contributed by atoms with Crippen molar-refractivity contribution in [2.45, 2.75) is 18.9 Å². The van der Waals surface area contributed by atoms with Crippen LogP contribution in [0.2, 0.25) is 0 Å². The minimum atomic E-state index is -0.0397. The lowest BCUT2D eigenvalue weighted by atomic mass is 10.1. The van der Waals surface area contributed by atoms with Gasteiger partial charge in [-0.3, -0.25) is 4.79 Å². The van der Waals surface area contributed by atoms with Crippen molar-refractivity contribution in [2.24, 2.45) is 0 Å². The molecular formula is C25H25NO3S. The SMILES string of the molecule is COc1ccc([C@@H]2SCCN2C(=O)c2ccccc2C)cc1OCc1ccccc1. The minimum absolute atomic E-state index is 0.0397. The number of benzene rings is 3. The van der Waals surface area contributed by atoms with Gasteiger partial charge in [0.2, 0.25) is 0 Å². The Morgan fingerprint density at radius 3 is 2.57 bits per heavy atom. The lowest BCUT2D eigenvalue weighted by molar-refractivity contribution is 0.0759. The predicted molar refractivity (Wildman–Crippen MR) is 121 cm³/mol. The largest absolute Gasteiger partial charge is 0.493 e. The number of ether oxygens (including phenoxy) is 2. The molecule has 3 aromatic rings. The zero-order valence-corrected chi connectivity index (χ0v) is 18.0. The molecule has 4 nitrogen and oxygen atoms in total. The molecule has 0 bridgehead atoms. The van der Waals surface area contributed by atoms with E-state index in [-0.39, 0.29) is 11.3 Å². The van der Waals surface area contributed by atoms with E-state index in [1.54, 1.807) is 18.9 Å². The van der Waals surface area contributed by atoms with Crippen molar-refractivity contribution in [3.63, 3.8) is 0 Å². The minimum Gasteiger partial charge on any atom is -0.493 e. The number of rotatable bonds is 6. The van der Waals surface area contributed by atoms with Gasteiger partial charge in [-0.15, -0.1) is 11.8 Å². The van der Waals surface area contributed by atoms with Gasteiger partial charge in [0.1, 0.15) is 12.0 Å². The molecule has 154 valence electrons. The van der Waals surface area contributed by atoms with E-state index in [1.807, 2.05) is 84.6 Å². The van der Waals surface area contributed by atoms with Gasteiger partial charge in [0, 0.05) is 17.9 Å². The highest BCUT2D eigenvalue weighted by molar-refractivity contribution is 7.99. The van der Waals surface area contributed by atoms with Crippen LogP contribution in [-0.4, -0.2) is 30.2 Å². The number of amides is 1. The van der Waals surface area contributed by atoms with Crippen molar-refractivity contribution in [1.29, 1.82) is 0 Å². The predicted octanol–water partition coefficient (Wildman–Crippen LogP) is 5.47. The summed E-state index contributed by atoms with van der Waals surface area (Å²) in [6, 6.07) is 23.8. The fourth-order valence-corrected chi connectivity index (χ4v) is 4.86. The van der Waals surface area contributed by atoms with E-state index in [0.29, 0.717) is 18.1 Å². The van der Waals surface area contributed by atoms with Crippen LogP contribution in [-0.2, 0) is 6.61 Å². The number of hydrogen-bond acceptors (Lipinski definition) is 4. The van der Waals surface area contributed by atoms with Crippen molar-refractivity contribution < 1.29 is 14.3 Å². The number of carbonyl (C=O) groups is 1. The lowest BCUT2D eigenvalue weighted by Crippen LogP contribution is -2.30. The van der Waals surface area contributed by atoms with Crippen LogP contribution in [0.1, 0.15) is 32.4 Å². The van der Waals surface area contributed by atoms with E-state index in [4.69, 9.17) is 9.47 Å². The first-order valence-corrected chi connectivity index (χ1v) is 11.0. The van der Waals surface area contributed by atoms with Crippen molar-refractivity contribution in [1.82, 2.24) is 4.90 Å². The highest BCUT2D eigenvalue weighted by atomic mass is 32.2. The number of nitrogens with zero attached hydrogens (tertiary/aromatic N) is 1. The Kier molecular flexibility index (Phi) is 6.29. The molecule has 0 saturated carbocycles. The van der Waals surface area contributed by atoms with E-state index in [9.17, 15) is 4.79 Å². The number of carbonyl (C=O) groups excluding carboxylic acids is 1. The number of thioether (sulfide) groups is 1. The Balaban J connectivity index is 1.58. The van der Waals surface area contributed by atoms with Crippen LogP contribution in [0.15, 0.2) is 72.8 Å². The second-order valence-electron chi connectivity index (χ2n) is 7.22. The van der Waals surface area contributed by atoms with E-state index in [0.717, 1.165) is 34.6 Å². The van der Waals surface area contributed by atoms with Crippen LogP contribution in [0.3, 0.4) is 0 Å². The maximum atomic E-state index is 13.2. The van der Waals surface area contributed by atoms with Crippen LogP contribution < -0.4 is 9.47 Å². The summed E-state index contributed by atoms with van der Waals surface area (Å²) in [5.74, 6) is 2.36. The first-order valence-electron chi connectivity index (χ1n) is 10.0. The normalized spacial score (nSPS) is 15.8. The van der Waals surface area contributed by atoms with Crippen molar-refractivity contribution in [3.05, 3.63) is 95.1 Å². The third-order valence-electron chi connectivity index (χ3n) is 5.24. The first kappa shape index (κ1) is 20.4. The lowest BCUT2D eigenvalue weighted by Gasteiger charge is -2.25. The zero-order valence-electron chi connectivity index (χ0n) is 17.2. The monoisotopic (exact) mass is 419 g/mol. The molecule has 0 aromatic heterocycles. The molecule has 1 saturated heterocycles. The Hall–Kier alpha value is -2.92. The quantitative estimate of drug-likeness (QED) is 0.531. The average Bonchev–Trinajstić information content (AvgIpc) is 3.28. The van der Waals surface area contributed by atoms with E-state index < -0.39 is 0 Å². The third-order valence-corrected chi connectivity index (χ3v) is 6.50. The van der Waals surface area contributed by atoms with Crippen LogP contribution in [0.5, 0.6) is 11.5 Å². The van der Waals surface area contributed by atoms with Gasteiger partial charge in [0.05, 0.1) is 7.11 Å². The van der Waals surface area contributed by atoms with Gasteiger partial charge in [-0.25, -0.2) is 0 Å². The molecule has 1 aliphatic rings. The van der Waals surface area contributed by atoms with Crippen molar-refractivity contribution in [3.8, 4) is 11.5 Å². The van der Waals surface area contributed by atoms with Crippen LogP contribution in [0.25, 0.3) is 0 Å². The molecule has 3 aromatic carbocycles. The van der Waals surface area contributed by atoms with Gasteiger partial charge in [-0.05, 0) is 41.8 Å². The first-order chi connectivity index (χ1) is 14.7. The molecule has 4 rings (SSSR count). The van der Waals surface area contributed by atoms with Gasteiger partial charge in [-0.2, -0.15) is 0 Å². The number of methoxy groups -OCH3 is 1. The maximum Gasteiger partial charge on any atom is 0.255 e. The Bertz CT molecular complexity index is 1020. The molecule has 1 aliphatic heterocycles. The Morgan fingerprint density at radius 1 is 1.03 bits per heavy atom. The summed E-state index contributed by atoms with van der Waals surface area (Å²) >= 11 is 1.78. The second kappa shape index (κ2) is 9.26. The molecule has 1 fully saturated rings. The summed E-state index contributed by atoms with van der Waals surface area (Å²) in [6.07, 6.45) is 0. The van der Waals surface area contributed by atoms with Gasteiger partial charge >= 0.3 is 0 Å². The summed E-state index contributed by atoms with van der Waals surface area (Å²) in [4.78, 5) is 15.2. The van der Waals surface area contributed by atoms with Crippen molar-refractivity contribution >= 4 is 17.7 Å². The molecule has 1 atom stereocenters. The van der Waals surface area contributed by atoms with Crippen LogP contribution in [0, 0.1) is 6.92 Å². The van der Waals surface area contributed by atoms with Gasteiger partial charge in [0.25, 0.3) is 5.91 Å². The van der Waals surface area contributed by atoms with E-state index in [1.165, 1.54) is 0 Å². The van der Waals surface area contributed by atoms with E-state index in [2.05, 4.69) is 0 Å². The average molecular weight is 420 g/mol. The standard InChI is InChI=1S/C25H25NO3S/c1-18-8-6-7-11-21(18)24(27)26-14-15-30-25(26)20-12-13-22(28-2)23(16-20)29-17-19-9-4-3-5-10-19/h3-13,16,25H,14-15,17H2,1-2H3/t25-/m0/s1.